The molecule has 5 rings (SSSR count). The van der Waals surface area contributed by atoms with Crippen LogP contribution in [0.5, 0.6) is 0 Å². The van der Waals surface area contributed by atoms with Crippen LogP contribution in [0.15, 0.2) is 66.9 Å². The van der Waals surface area contributed by atoms with Crippen molar-refractivity contribution in [3.63, 3.8) is 0 Å². The number of anilines is 1. The van der Waals surface area contributed by atoms with Crippen molar-refractivity contribution in [3.8, 4) is 0 Å². The van der Waals surface area contributed by atoms with Crippen LogP contribution in [0, 0.1) is 0 Å². The van der Waals surface area contributed by atoms with Gasteiger partial charge in [-0.25, -0.2) is 0 Å². The van der Waals surface area contributed by atoms with Gasteiger partial charge in [0, 0.05) is 56.7 Å². The van der Waals surface area contributed by atoms with E-state index in [1.807, 2.05) is 21.8 Å². The van der Waals surface area contributed by atoms with Crippen LogP contribution in [0.1, 0.15) is 54.2 Å². The van der Waals surface area contributed by atoms with E-state index in [-0.39, 0.29) is 5.91 Å². The summed E-state index contributed by atoms with van der Waals surface area (Å²) >= 11 is 0. The Labute approximate surface area is 202 Å². The summed E-state index contributed by atoms with van der Waals surface area (Å²) in [7, 11) is 0. The molecule has 178 valence electrons. The Morgan fingerprint density at radius 1 is 1.00 bits per heavy atom. The molecule has 1 saturated heterocycles. The second-order valence-corrected chi connectivity index (χ2v) is 9.57. The molecular formula is C28H35N5O. The van der Waals surface area contributed by atoms with Crippen LogP contribution in [0.2, 0.25) is 0 Å². The van der Waals surface area contributed by atoms with Gasteiger partial charge in [-0.2, -0.15) is 5.10 Å². The van der Waals surface area contributed by atoms with Crippen molar-refractivity contribution in [2.75, 3.05) is 18.4 Å². The molecule has 2 aliphatic rings. The van der Waals surface area contributed by atoms with Crippen LogP contribution in [-0.2, 0) is 19.6 Å². The first-order valence-corrected chi connectivity index (χ1v) is 12.7. The Balaban J connectivity index is 1.45. The first-order chi connectivity index (χ1) is 16.7. The predicted octanol–water partition coefficient (Wildman–Crippen LogP) is 4.78. The van der Waals surface area contributed by atoms with E-state index in [1.165, 1.54) is 12.0 Å². The Morgan fingerprint density at radius 3 is 2.65 bits per heavy atom. The minimum absolute atomic E-state index is 0.0204. The van der Waals surface area contributed by atoms with E-state index in [1.54, 1.807) is 0 Å². The summed E-state index contributed by atoms with van der Waals surface area (Å²) in [5, 5.41) is 8.25. The monoisotopic (exact) mass is 457 g/mol. The van der Waals surface area contributed by atoms with Gasteiger partial charge in [-0.15, -0.1) is 0 Å². The molecule has 34 heavy (non-hydrogen) atoms. The lowest BCUT2D eigenvalue weighted by molar-refractivity contribution is 0.0656. The van der Waals surface area contributed by atoms with Crippen molar-refractivity contribution in [2.24, 2.45) is 0 Å². The number of amides is 1. The van der Waals surface area contributed by atoms with Gasteiger partial charge in [0.2, 0.25) is 0 Å². The molecule has 0 aliphatic carbocycles. The largest absolute Gasteiger partial charge is 0.385 e. The molecule has 2 bridgehead atoms. The van der Waals surface area contributed by atoms with E-state index in [2.05, 4.69) is 76.8 Å². The van der Waals surface area contributed by atoms with Crippen LogP contribution in [-0.4, -0.2) is 50.7 Å². The van der Waals surface area contributed by atoms with Crippen LogP contribution < -0.4 is 5.32 Å². The smallest absolute Gasteiger partial charge is 0.274 e. The second-order valence-electron chi connectivity index (χ2n) is 9.57. The summed E-state index contributed by atoms with van der Waals surface area (Å²) in [5.41, 5.74) is 4.17. The minimum Gasteiger partial charge on any atom is -0.385 e. The molecule has 0 radical (unpaired) electrons. The number of fused-ring (bicyclic) bond motifs is 3. The Bertz CT molecular complexity index is 1090. The number of benzene rings is 2. The second kappa shape index (κ2) is 10.4. The lowest BCUT2D eigenvalue weighted by Crippen LogP contribution is -2.45. The van der Waals surface area contributed by atoms with Gasteiger partial charge in [0.15, 0.2) is 0 Å². The fraction of sp³-hybridized carbons (Fsp3) is 0.429. The van der Waals surface area contributed by atoms with Crippen molar-refractivity contribution < 1.29 is 4.79 Å². The molecule has 1 amide bonds. The third-order valence-electron chi connectivity index (χ3n) is 7.18. The van der Waals surface area contributed by atoms with Gasteiger partial charge in [-0.1, -0.05) is 55.5 Å². The maximum Gasteiger partial charge on any atom is 0.274 e. The number of hydrogen-bond acceptors (Lipinski definition) is 4. The number of rotatable bonds is 5. The first-order valence-electron chi connectivity index (χ1n) is 12.7. The van der Waals surface area contributed by atoms with Crippen molar-refractivity contribution in [1.82, 2.24) is 19.6 Å². The molecule has 0 spiro atoms. The number of nitrogens with zero attached hydrogens (tertiary/aromatic N) is 4. The molecule has 3 heterocycles. The van der Waals surface area contributed by atoms with Crippen LogP contribution in [0.4, 0.5) is 5.69 Å². The summed E-state index contributed by atoms with van der Waals surface area (Å²) < 4.78 is 1.88. The zero-order valence-electron chi connectivity index (χ0n) is 20.1. The molecule has 2 aliphatic heterocycles. The highest BCUT2D eigenvalue weighted by Crippen LogP contribution is 2.31. The van der Waals surface area contributed by atoms with Gasteiger partial charge in [0.25, 0.3) is 5.91 Å². The molecule has 2 aromatic carbocycles. The van der Waals surface area contributed by atoms with E-state index in [4.69, 9.17) is 0 Å². The Hall–Kier alpha value is -3.12. The van der Waals surface area contributed by atoms with E-state index < -0.39 is 0 Å². The molecule has 6 nitrogen and oxygen atoms in total. The van der Waals surface area contributed by atoms with Crippen molar-refractivity contribution in [1.29, 1.82) is 0 Å². The number of carbonyl (C=O) groups is 1. The zero-order valence-corrected chi connectivity index (χ0v) is 20.1. The molecular weight excluding hydrogens is 422 g/mol. The van der Waals surface area contributed by atoms with Crippen molar-refractivity contribution in [3.05, 3.63) is 83.7 Å². The highest BCUT2D eigenvalue weighted by Gasteiger charge is 2.36. The fourth-order valence-electron chi connectivity index (χ4n) is 5.45. The zero-order chi connectivity index (χ0) is 23.3. The number of para-hydroxylation sites is 1. The predicted molar refractivity (Wildman–Crippen MR) is 136 cm³/mol. The van der Waals surface area contributed by atoms with E-state index in [9.17, 15) is 4.79 Å². The van der Waals surface area contributed by atoms with Crippen LogP contribution in [0.3, 0.4) is 0 Å². The molecule has 1 N–H and O–H groups in total. The minimum atomic E-state index is 0.0204. The fourth-order valence-corrected chi connectivity index (χ4v) is 5.45. The first kappa shape index (κ1) is 22.7. The van der Waals surface area contributed by atoms with Gasteiger partial charge in [-0.05, 0) is 48.9 Å². The maximum absolute atomic E-state index is 13.7. The SMILES string of the molecule is CCCn1ccc(C(=O)N2Cc3ccccc3NCC[C@@H]3CC[C@H](C2)N3Cc2ccccc2)n1. The third kappa shape index (κ3) is 5.02. The topological polar surface area (TPSA) is 53.4 Å². The summed E-state index contributed by atoms with van der Waals surface area (Å²) in [6.45, 7) is 6.12. The summed E-state index contributed by atoms with van der Waals surface area (Å²) in [5.74, 6) is 0.0204. The molecule has 1 fully saturated rings. The van der Waals surface area contributed by atoms with Gasteiger partial charge < -0.3 is 10.2 Å². The lowest BCUT2D eigenvalue weighted by atomic mass is 10.1. The standard InChI is InChI=1S/C28H35N5O/c1-2-17-32-18-15-27(30-32)28(34)31-20-23-10-6-7-11-26(23)29-16-14-24-12-13-25(21-31)33(24)19-22-8-4-3-5-9-22/h3-11,15,18,24-25,29H,2,12-14,16-17,19-21H2,1H3/t24-,25+/m0/s1. The van der Waals surface area contributed by atoms with E-state index in [0.29, 0.717) is 24.3 Å². The van der Waals surface area contributed by atoms with Crippen LogP contribution >= 0.6 is 0 Å². The highest BCUT2D eigenvalue weighted by molar-refractivity contribution is 5.92. The van der Waals surface area contributed by atoms with E-state index in [0.717, 1.165) is 56.7 Å². The Morgan fingerprint density at radius 2 is 1.79 bits per heavy atom. The molecule has 0 unspecified atom stereocenters. The normalized spacial score (nSPS) is 20.9. The molecule has 3 aromatic rings. The number of aryl methyl sites for hydroxylation is 1. The van der Waals surface area contributed by atoms with Gasteiger partial charge in [0.1, 0.15) is 5.69 Å². The Kier molecular flexibility index (Phi) is 6.95. The van der Waals surface area contributed by atoms with Crippen LogP contribution in [0.25, 0.3) is 0 Å². The van der Waals surface area contributed by atoms with Gasteiger partial charge >= 0.3 is 0 Å². The number of aromatic nitrogens is 2. The molecule has 6 heteroatoms. The molecule has 2 atom stereocenters. The maximum atomic E-state index is 13.7. The number of hydrogen-bond donors (Lipinski definition) is 1. The van der Waals surface area contributed by atoms with E-state index >= 15 is 0 Å². The summed E-state index contributed by atoms with van der Waals surface area (Å²) in [4.78, 5) is 18.4. The number of nitrogens with one attached hydrogen (secondary N) is 1. The van der Waals surface area contributed by atoms with Crippen molar-refractivity contribution in [2.45, 2.75) is 64.3 Å². The third-order valence-corrected chi connectivity index (χ3v) is 7.18. The quantitative estimate of drug-likeness (QED) is 0.599. The van der Waals surface area contributed by atoms with Gasteiger partial charge in [-0.3, -0.25) is 14.4 Å². The highest BCUT2D eigenvalue weighted by atomic mass is 16.2. The molecule has 0 saturated carbocycles. The summed E-state index contributed by atoms with van der Waals surface area (Å²) in [6, 6.07) is 21.8. The average Bonchev–Trinajstić information content (AvgIpc) is 3.46. The lowest BCUT2D eigenvalue weighted by Gasteiger charge is -2.33. The van der Waals surface area contributed by atoms with Gasteiger partial charge in [0.05, 0.1) is 0 Å². The summed E-state index contributed by atoms with van der Waals surface area (Å²) in [6.07, 6.45) is 6.32. The average molecular weight is 458 g/mol. The van der Waals surface area contributed by atoms with Crippen molar-refractivity contribution >= 4 is 11.6 Å². The molecule has 1 aromatic heterocycles. The number of carbonyl (C=O) groups excluding carboxylic acids is 1.